The van der Waals surface area contributed by atoms with Gasteiger partial charge >= 0.3 is 5.97 Å². The maximum absolute atomic E-state index is 10.7. The highest BCUT2D eigenvalue weighted by atomic mass is 16.5. The molecule has 1 N–H and O–H groups in total. The average Bonchev–Trinajstić information content (AvgIpc) is 2.41. The fourth-order valence-corrected chi connectivity index (χ4v) is 1.86. The molecule has 0 amide bonds. The molecule has 19 heavy (non-hydrogen) atoms. The van der Waals surface area contributed by atoms with Gasteiger partial charge in [0.25, 0.3) is 0 Å². The number of rotatable bonds is 5. The number of aromatic carboxylic acids is 1. The smallest absolute Gasteiger partial charge is 0.335 e. The number of hydrogen-bond donors (Lipinski definition) is 1. The van der Waals surface area contributed by atoms with Crippen molar-refractivity contribution in [2.24, 2.45) is 0 Å². The number of aryl methyl sites for hydroxylation is 1. The van der Waals surface area contributed by atoms with E-state index in [9.17, 15) is 4.79 Å². The van der Waals surface area contributed by atoms with Gasteiger partial charge < -0.3 is 9.84 Å². The van der Waals surface area contributed by atoms with Gasteiger partial charge in [-0.2, -0.15) is 0 Å². The van der Waals surface area contributed by atoms with E-state index in [1.165, 1.54) is 11.1 Å². The lowest BCUT2D eigenvalue weighted by Crippen LogP contribution is -2.03. The van der Waals surface area contributed by atoms with Crippen LogP contribution in [0, 0.1) is 6.92 Å². The molecule has 0 unspecified atom stereocenters. The highest BCUT2D eigenvalue weighted by Crippen LogP contribution is 2.13. The van der Waals surface area contributed by atoms with Crippen molar-refractivity contribution in [3.8, 4) is 5.75 Å². The number of ether oxygens (including phenoxy) is 1. The second-order valence-corrected chi connectivity index (χ2v) is 4.35. The van der Waals surface area contributed by atoms with Crippen LogP contribution in [0.3, 0.4) is 0 Å². The Kier molecular flexibility index (Phi) is 4.18. The molecule has 0 bridgehead atoms. The van der Waals surface area contributed by atoms with Crippen LogP contribution in [0.5, 0.6) is 5.75 Å². The molecule has 0 saturated heterocycles. The molecule has 3 nitrogen and oxygen atoms in total. The van der Waals surface area contributed by atoms with Crippen LogP contribution in [-0.2, 0) is 6.42 Å². The van der Waals surface area contributed by atoms with Crippen molar-refractivity contribution in [1.29, 1.82) is 0 Å². The molecule has 0 saturated carbocycles. The first kappa shape index (κ1) is 13.1. The quantitative estimate of drug-likeness (QED) is 0.892. The highest BCUT2D eigenvalue weighted by molar-refractivity contribution is 5.87. The summed E-state index contributed by atoms with van der Waals surface area (Å²) in [7, 11) is 0. The van der Waals surface area contributed by atoms with E-state index in [1.807, 2.05) is 12.1 Å². The summed E-state index contributed by atoms with van der Waals surface area (Å²) in [6, 6.07) is 14.7. The molecule has 0 atom stereocenters. The molecule has 0 spiro atoms. The van der Waals surface area contributed by atoms with Crippen LogP contribution in [0.1, 0.15) is 21.5 Å². The van der Waals surface area contributed by atoms with Crippen molar-refractivity contribution >= 4 is 5.97 Å². The van der Waals surface area contributed by atoms with E-state index in [-0.39, 0.29) is 5.56 Å². The third-order valence-electron chi connectivity index (χ3n) is 3.00. The third kappa shape index (κ3) is 3.58. The van der Waals surface area contributed by atoms with E-state index in [4.69, 9.17) is 9.84 Å². The molecule has 0 heterocycles. The average molecular weight is 256 g/mol. The van der Waals surface area contributed by atoms with Gasteiger partial charge in [0, 0.05) is 6.42 Å². The molecule has 0 radical (unpaired) electrons. The Morgan fingerprint density at radius 3 is 2.42 bits per heavy atom. The van der Waals surface area contributed by atoms with Crippen LogP contribution in [-0.4, -0.2) is 17.7 Å². The summed E-state index contributed by atoms with van der Waals surface area (Å²) in [5.74, 6) is -0.231. The lowest BCUT2D eigenvalue weighted by atomic mass is 10.1. The van der Waals surface area contributed by atoms with Crippen molar-refractivity contribution < 1.29 is 14.6 Å². The van der Waals surface area contributed by atoms with Gasteiger partial charge in [-0.05, 0) is 42.3 Å². The Bertz CT molecular complexity index is 558. The normalized spacial score (nSPS) is 10.2. The van der Waals surface area contributed by atoms with Crippen molar-refractivity contribution in [1.82, 2.24) is 0 Å². The summed E-state index contributed by atoms with van der Waals surface area (Å²) < 4.78 is 5.61. The Morgan fingerprint density at radius 2 is 1.79 bits per heavy atom. The van der Waals surface area contributed by atoms with Crippen LogP contribution >= 0.6 is 0 Å². The summed E-state index contributed by atoms with van der Waals surface area (Å²) in [6.07, 6.45) is 0.841. The maximum Gasteiger partial charge on any atom is 0.335 e. The van der Waals surface area contributed by atoms with Gasteiger partial charge in [-0.15, -0.1) is 0 Å². The maximum atomic E-state index is 10.7. The highest BCUT2D eigenvalue weighted by Gasteiger charge is 2.02. The van der Waals surface area contributed by atoms with Crippen LogP contribution in [0.2, 0.25) is 0 Å². The molecule has 2 aromatic rings. The van der Waals surface area contributed by atoms with Crippen LogP contribution in [0.4, 0.5) is 0 Å². The summed E-state index contributed by atoms with van der Waals surface area (Å²) in [4.78, 5) is 10.7. The molecule has 0 aliphatic rings. The minimum atomic E-state index is -0.925. The second kappa shape index (κ2) is 6.05. The first-order chi connectivity index (χ1) is 9.16. The Labute approximate surface area is 112 Å². The largest absolute Gasteiger partial charge is 0.493 e. The van der Waals surface area contributed by atoms with E-state index in [0.29, 0.717) is 12.4 Å². The predicted octanol–water partition coefficient (Wildman–Crippen LogP) is 3.31. The molecule has 0 aliphatic carbocycles. The fourth-order valence-electron chi connectivity index (χ4n) is 1.86. The Balaban J connectivity index is 1.89. The predicted molar refractivity (Wildman–Crippen MR) is 73.8 cm³/mol. The summed E-state index contributed by atoms with van der Waals surface area (Å²) >= 11 is 0. The van der Waals surface area contributed by atoms with Crippen molar-refractivity contribution in [2.75, 3.05) is 6.61 Å². The fraction of sp³-hybridized carbons (Fsp3) is 0.188. The monoisotopic (exact) mass is 256 g/mol. The topological polar surface area (TPSA) is 46.5 Å². The molecule has 3 heteroatoms. The Hall–Kier alpha value is -2.29. The minimum absolute atomic E-state index is 0.270. The number of carboxylic acids is 1. The van der Waals surface area contributed by atoms with Gasteiger partial charge in [0.1, 0.15) is 5.75 Å². The van der Waals surface area contributed by atoms with E-state index in [2.05, 4.69) is 19.1 Å². The van der Waals surface area contributed by atoms with Gasteiger partial charge in [0.2, 0.25) is 0 Å². The minimum Gasteiger partial charge on any atom is -0.493 e. The molecular weight excluding hydrogens is 240 g/mol. The molecule has 98 valence electrons. The third-order valence-corrected chi connectivity index (χ3v) is 3.00. The molecule has 0 aromatic heterocycles. The lowest BCUT2D eigenvalue weighted by Gasteiger charge is -2.08. The van der Waals surface area contributed by atoms with Crippen LogP contribution in [0.25, 0.3) is 0 Å². The number of carbonyl (C=O) groups is 1. The summed E-state index contributed by atoms with van der Waals surface area (Å²) in [5, 5.41) is 8.79. The van der Waals surface area contributed by atoms with Crippen LogP contribution in [0.15, 0.2) is 48.5 Å². The SMILES string of the molecule is Cc1ccccc1CCOc1ccc(C(=O)O)cc1. The standard InChI is InChI=1S/C16H16O3/c1-12-4-2-3-5-13(12)10-11-19-15-8-6-14(7-9-15)16(17)18/h2-9H,10-11H2,1H3,(H,17,18). The summed E-state index contributed by atoms with van der Waals surface area (Å²) in [6.45, 7) is 2.66. The van der Waals surface area contributed by atoms with Gasteiger partial charge in [-0.25, -0.2) is 4.79 Å². The van der Waals surface area contributed by atoms with Crippen molar-refractivity contribution in [2.45, 2.75) is 13.3 Å². The second-order valence-electron chi connectivity index (χ2n) is 4.35. The molecular formula is C16H16O3. The first-order valence-electron chi connectivity index (χ1n) is 6.17. The van der Waals surface area contributed by atoms with Gasteiger partial charge in [0.15, 0.2) is 0 Å². The van der Waals surface area contributed by atoms with E-state index in [1.54, 1.807) is 24.3 Å². The van der Waals surface area contributed by atoms with Gasteiger partial charge in [-0.1, -0.05) is 24.3 Å². The van der Waals surface area contributed by atoms with Crippen LogP contribution < -0.4 is 4.74 Å². The zero-order valence-electron chi connectivity index (χ0n) is 10.8. The van der Waals surface area contributed by atoms with E-state index >= 15 is 0 Å². The van der Waals surface area contributed by atoms with E-state index in [0.717, 1.165) is 6.42 Å². The van der Waals surface area contributed by atoms with Gasteiger partial charge in [-0.3, -0.25) is 0 Å². The number of hydrogen-bond acceptors (Lipinski definition) is 2. The molecule has 0 aliphatic heterocycles. The number of carboxylic acid groups (broad SMARTS) is 1. The summed E-state index contributed by atoms with van der Waals surface area (Å²) in [5.41, 5.74) is 2.79. The zero-order valence-corrected chi connectivity index (χ0v) is 10.8. The van der Waals surface area contributed by atoms with Gasteiger partial charge in [0.05, 0.1) is 12.2 Å². The lowest BCUT2D eigenvalue weighted by molar-refractivity contribution is 0.0697. The Morgan fingerprint density at radius 1 is 1.11 bits per heavy atom. The first-order valence-corrected chi connectivity index (χ1v) is 6.17. The molecule has 0 fully saturated rings. The van der Waals surface area contributed by atoms with Crippen molar-refractivity contribution in [3.63, 3.8) is 0 Å². The number of benzene rings is 2. The molecule has 2 aromatic carbocycles. The van der Waals surface area contributed by atoms with E-state index < -0.39 is 5.97 Å². The molecule has 2 rings (SSSR count). The van der Waals surface area contributed by atoms with Crippen molar-refractivity contribution in [3.05, 3.63) is 65.2 Å². The zero-order chi connectivity index (χ0) is 13.7.